The third-order valence-corrected chi connectivity index (χ3v) is 9.24. The lowest BCUT2D eigenvalue weighted by Crippen LogP contribution is -2.81. The van der Waals surface area contributed by atoms with Gasteiger partial charge in [-0.25, -0.2) is 97.0 Å². The zero-order valence-corrected chi connectivity index (χ0v) is 29.9. The number of hydrogen-bond acceptors (Lipinski definition) is 2. The standard InChI is InChI=1S/C24BF20.C14H13FNO2/c26-5-1(6(27)14(35)21(42)13(5)34)25(2-7(28)15(36)22(43)16(37)8(2)29,3-9(30)17(38)23(44)18(39)10(3)31)4-11(32)19(40)24(45)20(41)12(4)33;15-11-18-14(17)13-8-4-5-9-16(13)10-12-6-2-1-3-7-12/h;1-9H,10-11H2/q-1;+1. The number of rotatable bonds is 8. The minimum absolute atomic E-state index is 0.332. The van der Waals surface area contributed by atoms with Crippen molar-refractivity contribution >= 4 is 34.0 Å². The summed E-state index contributed by atoms with van der Waals surface area (Å²) < 4.78 is 312. The molecule has 0 saturated carbocycles. The summed E-state index contributed by atoms with van der Waals surface area (Å²) in [6.07, 6.45) is -5.45. The van der Waals surface area contributed by atoms with E-state index in [1.54, 1.807) is 22.9 Å². The van der Waals surface area contributed by atoms with Crippen molar-refractivity contribution in [1.82, 2.24) is 0 Å². The van der Waals surface area contributed by atoms with E-state index in [0.29, 0.717) is 12.2 Å². The first-order valence-electron chi connectivity index (χ1n) is 16.5. The van der Waals surface area contributed by atoms with E-state index in [1.165, 1.54) is 0 Å². The zero-order valence-electron chi connectivity index (χ0n) is 29.9. The van der Waals surface area contributed by atoms with Crippen molar-refractivity contribution in [2.75, 3.05) is 6.86 Å². The third-order valence-electron chi connectivity index (χ3n) is 9.24. The molecule has 1 heterocycles. The number of aromatic nitrogens is 1. The normalized spacial score (nSPS) is 11.4. The molecule has 6 aromatic rings. The van der Waals surface area contributed by atoms with Gasteiger partial charge < -0.3 is 4.74 Å². The van der Waals surface area contributed by atoms with Crippen LogP contribution in [0.3, 0.4) is 0 Å². The maximum Gasteiger partial charge on any atom is 0.406 e. The van der Waals surface area contributed by atoms with Crippen LogP contribution in [0, 0.1) is 116 Å². The van der Waals surface area contributed by atoms with Crippen molar-refractivity contribution in [3.63, 3.8) is 0 Å². The van der Waals surface area contributed by atoms with E-state index < -0.39 is 157 Å². The number of benzene rings is 5. The highest BCUT2D eigenvalue weighted by atomic mass is 19.2. The van der Waals surface area contributed by atoms with E-state index in [1.807, 2.05) is 36.4 Å². The summed E-state index contributed by atoms with van der Waals surface area (Å²) in [4.78, 5) is 11.6. The molecule has 5 aromatic carbocycles. The van der Waals surface area contributed by atoms with Gasteiger partial charge in [0.25, 0.3) is 5.69 Å². The molecule has 0 saturated heterocycles. The van der Waals surface area contributed by atoms with Gasteiger partial charge in [-0.2, -0.15) is 4.57 Å². The molecule has 0 amide bonds. The Morgan fingerprint density at radius 1 is 0.397 bits per heavy atom. The minimum Gasteiger partial charge on any atom is -0.426 e. The number of pyridine rings is 1. The Morgan fingerprint density at radius 3 is 0.952 bits per heavy atom. The smallest absolute Gasteiger partial charge is 0.406 e. The lowest BCUT2D eigenvalue weighted by molar-refractivity contribution is -0.690. The zero-order chi connectivity index (χ0) is 47.2. The number of carbonyl (C=O) groups excluding carboxylic acids is 1. The second-order valence-corrected chi connectivity index (χ2v) is 12.5. The first kappa shape index (κ1) is 47.4. The molecule has 0 aliphatic carbocycles. The van der Waals surface area contributed by atoms with E-state index in [0.717, 1.165) is 5.56 Å². The number of ether oxygens (including phenoxy) is 1. The molecule has 0 bridgehead atoms. The van der Waals surface area contributed by atoms with Crippen LogP contribution in [0.25, 0.3) is 0 Å². The summed E-state index contributed by atoms with van der Waals surface area (Å²) in [7, 11) is 0. The molecule has 0 radical (unpaired) electrons. The van der Waals surface area contributed by atoms with Crippen LogP contribution >= 0.6 is 0 Å². The Morgan fingerprint density at radius 2 is 0.667 bits per heavy atom. The van der Waals surface area contributed by atoms with E-state index in [4.69, 9.17) is 0 Å². The van der Waals surface area contributed by atoms with Crippen molar-refractivity contribution in [3.05, 3.63) is 182 Å². The van der Waals surface area contributed by atoms with Gasteiger partial charge in [-0.05, 0) is 6.07 Å². The number of hydrogen-bond donors (Lipinski definition) is 0. The van der Waals surface area contributed by atoms with Crippen LogP contribution in [0.5, 0.6) is 0 Å². The molecule has 1 aromatic heterocycles. The van der Waals surface area contributed by atoms with Crippen molar-refractivity contribution in [2.45, 2.75) is 6.54 Å². The molecule has 3 nitrogen and oxygen atoms in total. The predicted octanol–water partition coefficient (Wildman–Crippen LogP) is 7.95. The second kappa shape index (κ2) is 18.0. The average Bonchev–Trinajstić information content (AvgIpc) is 3.27. The molecule has 0 spiro atoms. The Bertz CT molecular complexity index is 2420. The number of halogens is 21. The van der Waals surface area contributed by atoms with Crippen LogP contribution in [0.4, 0.5) is 92.2 Å². The molecule has 0 aliphatic rings. The van der Waals surface area contributed by atoms with Crippen LogP contribution in [0.15, 0.2) is 54.7 Å². The van der Waals surface area contributed by atoms with Crippen molar-refractivity contribution < 1.29 is 106 Å². The van der Waals surface area contributed by atoms with Crippen molar-refractivity contribution in [2.24, 2.45) is 0 Å². The minimum atomic E-state index is -7.22. The summed E-state index contributed by atoms with van der Waals surface area (Å²) in [5.74, 6) is -72.1. The van der Waals surface area contributed by atoms with Gasteiger partial charge in [0.15, 0.2) is 82.5 Å². The summed E-state index contributed by atoms with van der Waals surface area (Å²) >= 11 is 0. The van der Waals surface area contributed by atoms with E-state index >= 15 is 35.1 Å². The van der Waals surface area contributed by atoms with E-state index in [2.05, 4.69) is 4.74 Å². The Hall–Kier alpha value is -6.69. The monoisotopic (exact) mass is 925 g/mol. The van der Waals surface area contributed by atoms with E-state index in [-0.39, 0.29) is 0 Å². The lowest BCUT2D eigenvalue weighted by Gasteiger charge is -2.44. The summed E-state index contributed by atoms with van der Waals surface area (Å²) in [5, 5.41) is 0. The average molecular weight is 925 g/mol. The maximum atomic E-state index is 15.4. The first-order valence-corrected chi connectivity index (χ1v) is 16.5. The summed E-state index contributed by atoms with van der Waals surface area (Å²) in [6, 6.07) is 14.9. The molecule has 0 aliphatic heterocycles. The summed E-state index contributed by atoms with van der Waals surface area (Å²) in [5.41, 5.74) is -12.9. The fourth-order valence-corrected chi connectivity index (χ4v) is 6.58. The maximum absolute atomic E-state index is 15.4. The van der Waals surface area contributed by atoms with Gasteiger partial charge in [0.2, 0.25) is 6.86 Å². The third kappa shape index (κ3) is 7.66. The molecule has 0 unspecified atom stereocenters. The molecular formula is C38H13BF21NO2. The van der Waals surface area contributed by atoms with Gasteiger partial charge in [-0.15, -0.1) is 21.9 Å². The lowest BCUT2D eigenvalue weighted by atomic mass is 9.12. The largest absolute Gasteiger partial charge is 0.426 e. The van der Waals surface area contributed by atoms with Crippen molar-refractivity contribution in [1.29, 1.82) is 0 Å². The molecule has 25 heteroatoms. The van der Waals surface area contributed by atoms with Gasteiger partial charge in [0.05, 0.1) is 0 Å². The Labute approximate surface area is 336 Å². The SMILES string of the molecule is Fc1c(F)c(F)c([B-](c2c(F)c(F)c(F)c(F)c2F)(c2c(F)c(F)c(F)c(F)c2F)c2c(F)c(F)c(F)c(F)c2F)c(F)c1F.O=C(OCF)c1cccc[n+]1Cc1ccccc1. The quantitative estimate of drug-likeness (QED) is 0.0388. The van der Waals surface area contributed by atoms with Crippen LogP contribution in [-0.4, -0.2) is 19.0 Å². The molecule has 0 atom stereocenters. The highest BCUT2D eigenvalue weighted by Crippen LogP contribution is 2.30. The van der Waals surface area contributed by atoms with Crippen LogP contribution in [0.1, 0.15) is 16.1 Å². The van der Waals surface area contributed by atoms with Crippen LogP contribution in [0.2, 0.25) is 0 Å². The first-order chi connectivity index (χ1) is 29.5. The number of alkyl halides is 1. The summed E-state index contributed by atoms with van der Waals surface area (Å²) in [6.45, 7) is -0.572. The van der Waals surface area contributed by atoms with Gasteiger partial charge in [0, 0.05) is 17.7 Å². The number of nitrogens with zero attached hydrogens (tertiary/aromatic N) is 1. The molecule has 6 rings (SSSR count). The Balaban J connectivity index is 0.000000345. The van der Waals surface area contributed by atoms with E-state index in [9.17, 15) is 61.9 Å². The van der Waals surface area contributed by atoms with Gasteiger partial charge in [-0.3, -0.25) is 0 Å². The Kier molecular flexibility index (Phi) is 13.5. The van der Waals surface area contributed by atoms with Crippen molar-refractivity contribution in [3.8, 4) is 0 Å². The highest BCUT2D eigenvalue weighted by molar-refractivity contribution is 7.20. The van der Waals surface area contributed by atoms with Gasteiger partial charge >= 0.3 is 5.97 Å². The van der Waals surface area contributed by atoms with Gasteiger partial charge in [0.1, 0.15) is 52.7 Å². The predicted molar refractivity (Wildman–Crippen MR) is 173 cm³/mol. The van der Waals surface area contributed by atoms with Crippen LogP contribution in [-0.2, 0) is 11.3 Å². The van der Waals surface area contributed by atoms with Gasteiger partial charge in [-0.1, -0.05) is 30.3 Å². The second-order valence-electron chi connectivity index (χ2n) is 12.5. The fourth-order valence-electron chi connectivity index (χ4n) is 6.58. The fraction of sp³-hybridized carbons (Fsp3) is 0.0526. The molecule has 332 valence electrons. The number of carbonyl (C=O) groups is 1. The number of esters is 1. The molecule has 0 N–H and O–H groups in total. The molecule has 0 fully saturated rings. The molecule has 63 heavy (non-hydrogen) atoms. The van der Waals surface area contributed by atoms with Crippen LogP contribution < -0.4 is 26.4 Å². The highest BCUT2D eigenvalue weighted by Gasteiger charge is 2.52. The topological polar surface area (TPSA) is 30.2 Å². The molecular weight excluding hydrogens is 912 g/mol.